The zero-order chi connectivity index (χ0) is 20.5. The first-order valence-corrected chi connectivity index (χ1v) is 11.1. The van der Waals surface area contributed by atoms with E-state index in [4.69, 9.17) is 10.7 Å². The van der Waals surface area contributed by atoms with E-state index in [-0.39, 0.29) is 24.6 Å². The van der Waals surface area contributed by atoms with Crippen LogP contribution in [0.25, 0.3) is 11.0 Å². The number of benzene rings is 1. The van der Waals surface area contributed by atoms with Crippen molar-refractivity contribution in [3.05, 3.63) is 29.6 Å². The van der Waals surface area contributed by atoms with Gasteiger partial charge in [-0.3, -0.25) is 4.79 Å². The summed E-state index contributed by atoms with van der Waals surface area (Å²) in [6.45, 7) is 6.11. The van der Waals surface area contributed by atoms with Crippen molar-refractivity contribution in [1.82, 2.24) is 14.5 Å². The third-order valence-electron chi connectivity index (χ3n) is 6.57. The highest BCUT2D eigenvalue weighted by Gasteiger charge is 2.43. The molecule has 3 atom stereocenters. The second-order valence-electron chi connectivity index (χ2n) is 9.24. The Morgan fingerprint density at radius 3 is 2.62 bits per heavy atom. The van der Waals surface area contributed by atoms with Crippen LogP contribution < -0.4 is 5.73 Å². The number of aliphatic hydroxyl groups is 1. The predicted molar refractivity (Wildman–Crippen MR) is 115 cm³/mol. The number of rotatable bonds is 7. The summed E-state index contributed by atoms with van der Waals surface area (Å²) >= 11 is 0. The average Bonchev–Trinajstić information content (AvgIpc) is 3.17. The summed E-state index contributed by atoms with van der Waals surface area (Å²) in [5.74, 6) is 2.08. The van der Waals surface area contributed by atoms with E-state index in [2.05, 4.69) is 23.3 Å². The van der Waals surface area contributed by atoms with E-state index in [1.807, 2.05) is 18.2 Å². The van der Waals surface area contributed by atoms with Crippen molar-refractivity contribution in [3.63, 3.8) is 0 Å². The predicted octanol–water partition coefficient (Wildman–Crippen LogP) is 2.96. The van der Waals surface area contributed by atoms with Gasteiger partial charge in [-0.1, -0.05) is 13.8 Å². The van der Waals surface area contributed by atoms with Crippen LogP contribution in [0.5, 0.6) is 0 Å². The SMILES string of the molecule is CC(C)Cc1nc2ccc(C(=O)N3[C@@H]4CC[C@H]3CC(CO)C4)cc2n1CCCN. The Kier molecular flexibility index (Phi) is 5.93. The number of hydrogen-bond acceptors (Lipinski definition) is 4. The van der Waals surface area contributed by atoms with Gasteiger partial charge >= 0.3 is 0 Å². The molecule has 1 amide bonds. The van der Waals surface area contributed by atoms with Crippen LogP contribution in [0, 0.1) is 11.8 Å². The van der Waals surface area contributed by atoms with E-state index in [9.17, 15) is 9.90 Å². The number of amides is 1. The van der Waals surface area contributed by atoms with Crippen LogP contribution in [0.4, 0.5) is 0 Å². The Bertz CT molecular complexity index is 861. The van der Waals surface area contributed by atoms with Crippen molar-refractivity contribution in [3.8, 4) is 0 Å². The topological polar surface area (TPSA) is 84.4 Å². The molecule has 4 rings (SSSR count). The third kappa shape index (κ3) is 3.92. The molecule has 1 aromatic carbocycles. The van der Waals surface area contributed by atoms with Crippen LogP contribution >= 0.6 is 0 Å². The summed E-state index contributed by atoms with van der Waals surface area (Å²) in [5, 5.41) is 9.56. The normalized spacial score (nSPS) is 24.0. The fourth-order valence-electron chi connectivity index (χ4n) is 5.25. The van der Waals surface area contributed by atoms with Gasteiger partial charge in [0.15, 0.2) is 0 Å². The van der Waals surface area contributed by atoms with E-state index < -0.39 is 0 Å². The van der Waals surface area contributed by atoms with Crippen LogP contribution in [-0.2, 0) is 13.0 Å². The standard InChI is InChI=1S/C23H34N4O2/c1-15(2)10-22-25-20-7-4-17(13-21(20)26(22)9-3-8-24)23(29)27-18-5-6-19(27)12-16(11-18)14-28/h4,7,13,15-16,18-19,28H,3,5-6,8-12,14,24H2,1-2H3/t16?,18-,19+. The third-order valence-corrected chi connectivity index (χ3v) is 6.57. The number of imidazole rings is 1. The maximum atomic E-state index is 13.4. The minimum Gasteiger partial charge on any atom is -0.396 e. The molecule has 29 heavy (non-hydrogen) atoms. The number of fused-ring (bicyclic) bond motifs is 3. The molecule has 2 fully saturated rings. The van der Waals surface area contributed by atoms with Crippen molar-refractivity contribution in [1.29, 1.82) is 0 Å². The molecule has 2 aromatic rings. The molecule has 158 valence electrons. The average molecular weight is 399 g/mol. The zero-order valence-corrected chi connectivity index (χ0v) is 17.7. The van der Waals surface area contributed by atoms with Crippen molar-refractivity contribution in [2.24, 2.45) is 17.6 Å². The van der Waals surface area contributed by atoms with Gasteiger partial charge in [0.05, 0.1) is 11.0 Å². The fraction of sp³-hybridized carbons (Fsp3) is 0.652. The molecule has 2 saturated heterocycles. The van der Waals surface area contributed by atoms with Gasteiger partial charge < -0.3 is 20.3 Å². The number of aliphatic hydroxyl groups excluding tert-OH is 1. The number of nitrogens with zero attached hydrogens (tertiary/aromatic N) is 3. The van der Waals surface area contributed by atoms with Gasteiger partial charge in [0.2, 0.25) is 0 Å². The van der Waals surface area contributed by atoms with E-state index in [1.165, 1.54) is 0 Å². The maximum Gasteiger partial charge on any atom is 0.254 e. The molecule has 2 aliphatic rings. The molecule has 2 aliphatic heterocycles. The first kappa shape index (κ1) is 20.4. The number of carbonyl (C=O) groups is 1. The molecule has 6 heteroatoms. The fourth-order valence-corrected chi connectivity index (χ4v) is 5.25. The number of aryl methyl sites for hydroxylation is 1. The molecule has 0 saturated carbocycles. The van der Waals surface area contributed by atoms with Crippen LogP contribution in [-0.4, -0.2) is 50.7 Å². The molecule has 0 radical (unpaired) electrons. The van der Waals surface area contributed by atoms with Gasteiger partial charge in [-0.25, -0.2) is 4.98 Å². The summed E-state index contributed by atoms with van der Waals surface area (Å²) in [6.07, 6.45) is 5.78. The first-order chi connectivity index (χ1) is 14.0. The zero-order valence-electron chi connectivity index (χ0n) is 17.7. The Morgan fingerprint density at radius 1 is 1.28 bits per heavy atom. The van der Waals surface area contributed by atoms with Gasteiger partial charge in [0.1, 0.15) is 5.82 Å². The summed E-state index contributed by atoms with van der Waals surface area (Å²) in [6, 6.07) is 6.50. The van der Waals surface area contributed by atoms with Gasteiger partial charge in [0.25, 0.3) is 5.91 Å². The van der Waals surface area contributed by atoms with Crippen molar-refractivity contribution >= 4 is 16.9 Å². The molecule has 1 unspecified atom stereocenters. The summed E-state index contributed by atoms with van der Waals surface area (Å²) in [7, 11) is 0. The Morgan fingerprint density at radius 2 is 2.00 bits per heavy atom. The molecule has 6 nitrogen and oxygen atoms in total. The van der Waals surface area contributed by atoms with E-state index in [1.54, 1.807) is 0 Å². The summed E-state index contributed by atoms with van der Waals surface area (Å²) in [5.41, 5.74) is 8.51. The second kappa shape index (κ2) is 8.44. The smallest absolute Gasteiger partial charge is 0.254 e. The van der Waals surface area contributed by atoms with Crippen LogP contribution in [0.3, 0.4) is 0 Å². The van der Waals surface area contributed by atoms with Gasteiger partial charge in [-0.2, -0.15) is 0 Å². The molecule has 3 N–H and O–H groups in total. The van der Waals surface area contributed by atoms with E-state index >= 15 is 0 Å². The highest BCUT2D eigenvalue weighted by molar-refractivity contribution is 5.98. The number of aromatic nitrogens is 2. The lowest BCUT2D eigenvalue weighted by molar-refractivity contribution is 0.0453. The molecular weight excluding hydrogens is 364 g/mol. The lowest BCUT2D eigenvalue weighted by atomic mass is 9.91. The molecule has 2 bridgehead atoms. The Hall–Kier alpha value is -1.92. The Balaban J connectivity index is 1.65. The Labute approximate surface area is 173 Å². The van der Waals surface area contributed by atoms with E-state index in [0.29, 0.717) is 18.4 Å². The van der Waals surface area contributed by atoms with Crippen molar-refractivity contribution in [2.45, 2.75) is 71.0 Å². The monoisotopic (exact) mass is 398 g/mol. The number of hydrogen-bond donors (Lipinski definition) is 2. The van der Waals surface area contributed by atoms with Gasteiger partial charge in [-0.05, 0) is 68.7 Å². The molecular formula is C23H34N4O2. The second-order valence-corrected chi connectivity index (χ2v) is 9.24. The van der Waals surface area contributed by atoms with Crippen LogP contribution in [0.2, 0.25) is 0 Å². The summed E-state index contributed by atoms with van der Waals surface area (Å²) < 4.78 is 2.26. The minimum absolute atomic E-state index is 0.132. The largest absolute Gasteiger partial charge is 0.396 e. The quantitative estimate of drug-likeness (QED) is 0.751. The van der Waals surface area contributed by atoms with E-state index in [0.717, 1.165) is 67.5 Å². The van der Waals surface area contributed by atoms with Crippen LogP contribution in [0.15, 0.2) is 18.2 Å². The number of carbonyl (C=O) groups excluding carboxylic acids is 1. The van der Waals surface area contributed by atoms with Gasteiger partial charge in [0, 0.05) is 37.2 Å². The van der Waals surface area contributed by atoms with Gasteiger partial charge in [-0.15, -0.1) is 0 Å². The highest BCUT2D eigenvalue weighted by Crippen LogP contribution is 2.39. The highest BCUT2D eigenvalue weighted by atomic mass is 16.3. The number of nitrogens with two attached hydrogens (primary N) is 1. The van der Waals surface area contributed by atoms with Crippen LogP contribution in [0.1, 0.15) is 62.1 Å². The minimum atomic E-state index is 0.132. The maximum absolute atomic E-state index is 13.4. The molecule has 0 aliphatic carbocycles. The van der Waals surface area contributed by atoms with Crippen molar-refractivity contribution < 1.29 is 9.90 Å². The summed E-state index contributed by atoms with van der Waals surface area (Å²) in [4.78, 5) is 20.4. The molecule has 0 spiro atoms. The number of piperidine rings is 1. The van der Waals surface area contributed by atoms with Crippen molar-refractivity contribution in [2.75, 3.05) is 13.2 Å². The molecule has 3 heterocycles. The molecule has 1 aromatic heterocycles. The lowest BCUT2D eigenvalue weighted by Gasteiger charge is -2.38. The first-order valence-electron chi connectivity index (χ1n) is 11.1. The lowest BCUT2D eigenvalue weighted by Crippen LogP contribution is -2.47.